The second kappa shape index (κ2) is 8.40. The van der Waals surface area contributed by atoms with Crippen LogP contribution in [0.3, 0.4) is 0 Å². The van der Waals surface area contributed by atoms with Crippen LogP contribution in [0.25, 0.3) is 0 Å². The van der Waals surface area contributed by atoms with Crippen LogP contribution in [0.15, 0.2) is 35.7 Å². The standard InChI is InChI=1S/C19H18ClN3O5S/c20-12-7-16(29-11-12)18(25)21-8-15-9-23(19(26)28-15)14-3-1-13(2-4-14)22-5-6-27-10-17(22)24/h1-4,7,11,15H,5-6,8-10H2,(H,21,25). The lowest BCUT2D eigenvalue weighted by Gasteiger charge is -2.27. The van der Waals surface area contributed by atoms with Crippen molar-refractivity contribution >= 4 is 52.2 Å². The summed E-state index contributed by atoms with van der Waals surface area (Å²) in [6.07, 6.45) is -0.930. The lowest BCUT2D eigenvalue weighted by atomic mass is 10.2. The summed E-state index contributed by atoms with van der Waals surface area (Å²) in [4.78, 5) is 39.9. The third-order valence-corrected chi connectivity index (χ3v) is 5.89. The third-order valence-electron chi connectivity index (χ3n) is 4.61. The number of halogens is 1. The molecule has 8 nitrogen and oxygen atoms in total. The molecular formula is C19H18ClN3O5S. The number of hydrogen-bond donors (Lipinski definition) is 1. The number of thiophene rings is 1. The summed E-state index contributed by atoms with van der Waals surface area (Å²) in [7, 11) is 0. The number of morpholine rings is 1. The summed E-state index contributed by atoms with van der Waals surface area (Å²) < 4.78 is 10.5. The maximum Gasteiger partial charge on any atom is 0.414 e. The number of ether oxygens (including phenoxy) is 2. The van der Waals surface area contributed by atoms with E-state index in [0.717, 1.165) is 5.69 Å². The fraction of sp³-hybridized carbons (Fsp3) is 0.316. The number of hydrogen-bond acceptors (Lipinski definition) is 6. The van der Waals surface area contributed by atoms with Crippen LogP contribution in [-0.2, 0) is 14.3 Å². The lowest BCUT2D eigenvalue weighted by Crippen LogP contribution is -2.41. The highest BCUT2D eigenvalue weighted by Crippen LogP contribution is 2.26. The van der Waals surface area contributed by atoms with E-state index in [4.69, 9.17) is 21.1 Å². The van der Waals surface area contributed by atoms with Crippen LogP contribution in [0.2, 0.25) is 5.02 Å². The molecule has 2 fully saturated rings. The van der Waals surface area contributed by atoms with Gasteiger partial charge < -0.3 is 19.7 Å². The van der Waals surface area contributed by atoms with Gasteiger partial charge in [-0.3, -0.25) is 14.5 Å². The van der Waals surface area contributed by atoms with E-state index in [1.165, 1.54) is 16.2 Å². The number of anilines is 2. The monoisotopic (exact) mass is 435 g/mol. The Morgan fingerprint density at radius 3 is 2.59 bits per heavy atom. The molecule has 2 aromatic rings. The first-order valence-electron chi connectivity index (χ1n) is 9.00. The van der Waals surface area contributed by atoms with Crippen LogP contribution in [-0.4, -0.2) is 56.9 Å². The van der Waals surface area contributed by atoms with Crippen molar-refractivity contribution in [3.63, 3.8) is 0 Å². The Kier molecular flexibility index (Phi) is 5.70. The number of rotatable bonds is 5. The zero-order valence-electron chi connectivity index (χ0n) is 15.3. The number of carbonyl (C=O) groups is 3. The molecule has 0 bridgehead atoms. The molecule has 1 atom stereocenters. The van der Waals surface area contributed by atoms with Crippen molar-refractivity contribution in [1.29, 1.82) is 0 Å². The number of carbonyl (C=O) groups excluding carboxylic acids is 3. The van der Waals surface area contributed by atoms with Crippen molar-refractivity contribution in [3.8, 4) is 0 Å². The summed E-state index contributed by atoms with van der Waals surface area (Å²) in [5, 5.41) is 4.95. The topological polar surface area (TPSA) is 88.2 Å². The number of nitrogens with one attached hydrogen (secondary N) is 1. The van der Waals surface area contributed by atoms with Gasteiger partial charge in [-0.1, -0.05) is 11.6 Å². The Labute approximate surface area is 175 Å². The van der Waals surface area contributed by atoms with E-state index in [1.807, 2.05) is 0 Å². The van der Waals surface area contributed by atoms with Gasteiger partial charge in [-0.05, 0) is 30.3 Å². The highest BCUT2D eigenvalue weighted by Gasteiger charge is 2.33. The molecule has 0 saturated carbocycles. The molecule has 4 rings (SSSR count). The Morgan fingerprint density at radius 2 is 1.93 bits per heavy atom. The fourth-order valence-corrected chi connectivity index (χ4v) is 4.16. The minimum absolute atomic E-state index is 0.0747. The molecule has 2 aliphatic rings. The smallest absolute Gasteiger partial charge is 0.414 e. The van der Waals surface area contributed by atoms with E-state index in [9.17, 15) is 14.4 Å². The van der Waals surface area contributed by atoms with Crippen LogP contribution in [0.5, 0.6) is 0 Å². The minimum Gasteiger partial charge on any atom is -0.442 e. The van der Waals surface area contributed by atoms with Crippen molar-refractivity contribution in [2.45, 2.75) is 6.10 Å². The first-order chi connectivity index (χ1) is 14.0. The molecular weight excluding hydrogens is 418 g/mol. The maximum atomic E-state index is 12.2. The number of amides is 3. The van der Waals surface area contributed by atoms with Crippen molar-refractivity contribution < 1.29 is 23.9 Å². The third kappa shape index (κ3) is 4.36. The summed E-state index contributed by atoms with van der Waals surface area (Å²) in [6, 6.07) is 8.72. The number of benzene rings is 1. The molecule has 3 heterocycles. The van der Waals surface area contributed by atoms with E-state index in [1.54, 1.807) is 40.6 Å². The summed E-state index contributed by atoms with van der Waals surface area (Å²) in [5.74, 6) is -0.344. The Morgan fingerprint density at radius 1 is 1.21 bits per heavy atom. The molecule has 0 spiro atoms. The molecule has 0 aliphatic carbocycles. The van der Waals surface area contributed by atoms with Crippen molar-refractivity contribution in [3.05, 3.63) is 45.6 Å². The van der Waals surface area contributed by atoms with Crippen LogP contribution in [0.1, 0.15) is 9.67 Å². The van der Waals surface area contributed by atoms with E-state index in [0.29, 0.717) is 35.3 Å². The van der Waals surface area contributed by atoms with E-state index >= 15 is 0 Å². The molecule has 2 aliphatic heterocycles. The molecule has 1 unspecified atom stereocenters. The molecule has 152 valence electrons. The van der Waals surface area contributed by atoms with Gasteiger partial charge in [0.25, 0.3) is 11.8 Å². The number of cyclic esters (lactones) is 1. The number of nitrogens with zero attached hydrogens (tertiary/aromatic N) is 2. The fourth-order valence-electron chi connectivity index (χ4n) is 3.17. The van der Waals surface area contributed by atoms with E-state index in [-0.39, 0.29) is 25.0 Å². The van der Waals surface area contributed by atoms with Gasteiger partial charge in [0, 0.05) is 23.3 Å². The summed E-state index contributed by atoms with van der Waals surface area (Å²) >= 11 is 7.09. The molecule has 1 aromatic heterocycles. The Balaban J connectivity index is 1.35. The highest BCUT2D eigenvalue weighted by atomic mass is 35.5. The Hall–Kier alpha value is -2.62. The van der Waals surface area contributed by atoms with Gasteiger partial charge in [0.2, 0.25) is 0 Å². The van der Waals surface area contributed by atoms with Gasteiger partial charge in [-0.2, -0.15) is 0 Å². The second-order valence-corrected chi connectivity index (χ2v) is 7.92. The van der Waals surface area contributed by atoms with Crippen LogP contribution < -0.4 is 15.1 Å². The summed E-state index contributed by atoms with van der Waals surface area (Å²) in [5.41, 5.74) is 1.42. The molecule has 1 N–H and O–H groups in total. The van der Waals surface area contributed by atoms with E-state index in [2.05, 4.69) is 5.32 Å². The predicted octanol–water partition coefficient (Wildman–Crippen LogP) is 2.52. The largest absolute Gasteiger partial charge is 0.442 e. The molecule has 1 aromatic carbocycles. The van der Waals surface area contributed by atoms with Gasteiger partial charge in [0.15, 0.2) is 0 Å². The highest BCUT2D eigenvalue weighted by molar-refractivity contribution is 7.12. The first-order valence-corrected chi connectivity index (χ1v) is 10.3. The van der Waals surface area contributed by atoms with Gasteiger partial charge >= 0.3 is 6.09 Å². The molecule has 3 amide bonds. The predicted molar refractivity (Wildman–Crippen MR) is 109 cm³/mol. The normalized spacial score (nSPS) is 19.4. The molecule has 2 saturated heterocycles. The SMILES string of the molecule is O=C(NCC1CN(c2ccc(N3CCOCC3=O)cc2)C(=O)O1)c1cc(Cl)cs1. The second-order valence-electron chi connectivity index (χ2n) is 6.57. The first kappa shape index (κ1) is 19.7. The average Bonchev–Trinajstić information content (AvgIpc) is 3.32. The average molecular weight is 436 g/mol. The zero-order valence-corrected chi connectivity index (χ0v) is 16.9. The molecule has 10 heteroatoms. The molecule has 29 heavy (non-hydrogen) atoms. The molecule has 0 radical (unpaired) electrons. The van der Waals surface area contributed by atoms with Crippen molar-refractivity contribution in [1.82, 2.24) is 5.32 Å². The van der Waals surface area contributed by atoms with Gasteiger partial charge in [-0.15, -0.1) is 11.3 Å². The Bertz CT molecular complexity index is 932. The van der Waals surface area contributed by atoms with Crippen molar-refractivity contribution in [2.75, 3.05) is 42.6 Å². The van der Waals surface area contributed by atoms with Gasteiger partial charge in [0.05, 0.1) is 29.6 Å². The van der Waals surface area contributed by atoms with Crippen LogP contribution >= 0.6 is 22.9 Å². The lowest BCUT2D eigenvalue weighted by molar-refractivity contribution is -0.125. The van der Waals surface area contributed by atoms with Gasteiger partial charge in [-0.25, -0.2) is 4.79 Å². The van der Waals surface area contributed by atoms with Gasteiger partial charge in [0.1, 0.15) is 12.7 Å². The maximum absolute atomic E-state index is 12.2. The van der Waals surface area contributed by atoms with Crippen LogP contribution in [0.4, 0.5) is 16.2 Å². The van der Waals surface area contributed by atoms with Crippen molar-refractivity contribution in [2.24, 2.45) is 0 Å². The summed E-state index contributed by atoms with van der Waals surface area (Å²) in [6.45, 7) is 1.60. The van der Waals surface area contributed by atoms with E-state index < -0.39 is 12.2 Å². The minimum atomic E-state index is -0.474. The van der Waals surface area contributed by atoms with Crippen LogP contribution in [0, 0.1) is 0 Å². The zero-order chi connectivity index (χ0) is 20.4. The quantitative estimate of drug-likeness (QED) is 0.779.